The predicted octanol–water partition coefficient (Wildman–Crippen LogP) is -0.456. The molecule has 2 aromatic carbocycles. The molecule has 0 aliphatic carbocycles. The topological polar surface area (TPSA) is 182 Å². The van der Waals surface area contributed by atoms with Crippen molar-refractivity contribution in [1.82, 2.24) is 29.4 Å². The number of aliphatic hydroxyl groups is 6. The van der Waals surface area contributed by atoms with Crippen LogP contribution in [0.25, 0.3) is 0 Å². The van der Waals surface area contributed by atoms with Crippen molar-refractivity contribution in [2.75, 3.05) is 34.2 Å². The first-order valence-corrected chi connectivity index (χ1v) is 13.8. The zero-order chi connectivity index (χ0) is 32.3. The molecule has 2 aromatic heterocycles. The molecule has 0 radical (unpaired) electrons. The Hall–Kier alpha value is -3.54. The highest BCUT2D eigenvalue weighted by molar-refractivity contribution is 5.31. The Bertz CT molecular complexity index is 1510. The summed E-state index contributed by atoms with van der Waals surface area (Å²) in [6, 6.07) is 19.5. The summed E-state index contributed by atoms with van der Waals surface area (Å²) in [7, 11) is 7.96. The van der Waals surface area contributed by atoms with E-state index in [0.717, 1.165) is 0 Å². The maximum atomic E-state index is 11.8. The molecule has 0 saturated heterocycles. The first-order chi connectivity index (χ1) is 20.5. The van der Waals surface area contributed by atoms with Gasteiger partial charge in [0.2, 0.25) is 11.6 Å². The van der Waals surface area contributed by atoms with E-state index < -0.39 is 30.1 Å². The number of likely N-dealkylation sites (N-methyl/N-ethyl adjacent to an activating group) is 2. The van der Waals surface area contributed by atoms with Gasteiger partial charge in [0.25, 0.3) is 11.9 Å². The molecule has 6 N–H and O–H groups in total. The molecule has 0 saturated carbocycles. The third-order valence-electron chi connectivity index (χ3n) is 6.83. The minimum absolute atomic E-state index is 0.0293. The van der Waals surface area contributed by atoms with Gasteiger partial charge in [0.05, 0.1) is 18.8 Å². The molecule has 0 spiro atoms. The zero-order valence-corrected chi connectivity index (χ0v) is 25.3. The van der Waals surface area contributed by atoms with Gasteiger partial charge in [0.1, 0.15) is 11.4 Å². The zero-order valence-electron chi connectivity index (χ0n) is 25.3. The van der Waals surface area contributed by atoms with E-state index in [1.54, 1.807) is 95.9 Å². The largest absolute Gasteiger partial charge is 0.357 e. The average Bonchev–Trinajstić information content (AvgIpc) is 3.53. The number of aryl methyl sites for hydroxylation is 2. The lowest BCUT2D eigenvalue weighted by Gasteiger charge is -2.36. The minimum Gasteiger partial charge on any atom is -0.357 e. The number of ether oxygens (including phenoxy) is 2. The number of aromatic nitrogens is 4. The van der Waals surface area contributed by atoms with Crippen LogP contribution in [0, 0.1) is 0 Å². The molecule has 4 aromatic rings. The summed E-state index contributed by atoms with van der Waals surface area (Å²) in [4.78, 5) is 2.97. The van der Waals surface area contributed by atoms with Gasteiger partial charge in [-0.1, -0.05) is 60.7 Å². The molecule has 2 unspecified atom stereocenters. The molecule has 0 aliphatic rings. The van der Waals surface area contributed by atoms with Gasteiger partial charge in [-0.2, -0.15) is 10.2 Å². The minimum atomic E-state index is -2.85. The maximum absolute atomic E-state index is 11.8. The van der Waals surface area contributed by atoms with E-state index in [9.17, 15) is 30.6 Å². The molecule has 14 nitrogen and oxygen atoms in total. The summed E-state index contributed by atoms with van der Waals surface area (Å²) in [6.07, 6.45) is 1.45. The second kappa shape index (κ2) is 12.8. The highest BCUT2D eigenvalue weighted by Gasteiger charge is 2.46. The summed E-state index contributed by atoms with van der Waals surface area (Å²) in [5.74, 6) is -10.2. The van der Waals surface area contributed by atoms with E-state index in [0.29, 0.717) is 5.69 Å². The molecule has 0 fully saturated rings. The van der Waals surface area contributed by atoms with Crippen LogP contribution in [0.2, 0.25) is 0 Å². The normalized spacial score (nSPS) is 15.5. The van der Waals surface area contributed by atoms with Crippen molar-refractivity contribution < 1.29 is 40.1 Å². The van der Waals surface area contributed by atoms with Crippen molar-refractivity contribution in [2.24, 2.45) is 14.1 Å². The maximum Gasteiger partial charge on any atom is 0.294 e. The van der Waals surface area contributed by atoms with Gasteiger partial charge in [-0.15, -0.1) is 0 Å². The van der Waals surface area contributed by atoms with Crippen LogP contribution in [-0.4, -0.2) is 106 Å². The van der Waals surface area contributed by atoms with Gasteiger partial charge in [-0.05, 0) is 33.3 Å². The van der Waals surface area contributed by atoms with Crippen LogP contribution in [0.5, 0.6) is 0 Å². The molecular weight excluding hydrogens is 572 g/mol. The molecular formula is C30H40N6O8. The Balaban J connectivity index is 1.57. The van der Waals surface area contributed by atoms with E-state index in [1.807, 2.05) is 0 Å². The molecule has 14 heteroatoms. The van der Waals surface area contributed by atoms with Gasteiger partial charge < -0.3 is 35.5 Å². The smallest absolute Gasteiger partial charge is 0.294 e. The van der Waals surface area contributed by atoms with Crippen molar-refractivity contribution in [1.29, 1.82) is 0 Å². The summed E-state index contributed by atoms with van der Waals surface area (Å²) >= 11 is 0. The van der Waals surface area contributed by atoms with Crippen molar-refractivity contribution >= 4 is 0 Å². The Morgan fingerprint density at radius 2 is 1.18 bits per heavy atom. The molecule has 0 amide bonds. The lowest BCUT2D eigenvalue weighted by molar-refractivity contribution is -0.414. The monoisotopic (exact) mass is 612 g/mol. The number of hydrogen-bond donors (Lipinski definition) is 6. The van der Waals surface area contributed by atoms with Gasteiger partial charge in [0, 0.05) is 38.0 Å². The van der Waals surface area contributed by atoms with E-state index in [4.69, 9.17) is 9.47 Å². The molecule has 0 aliphatic heterocycles. The third kappa shape index (κ3) is 7.57. The molecule has 238 valence electrons. The molecule has 2 heterocycles. The van der Waals surface area contributed by atoms with Gasteiger partial charge in [0.15, 0.2) is 0 Å². The molecule has 2 atom stereocenters. The van der Waals surface area contributed by atoms with Crippen LogP contribution in [0.4, 0.5) is 0 Å². The Morgan fingerprint density at radius 1 is 0.682 bits per heavy atom. The summed E-state index contributed by atoms with van der Waals surface area (Å²) in [5, 5.41) is 75.0. The van der Waals surface area contributed by atoms with Crippen molar-refractivity contribution in [3.8, 4) is 0 Å². The third-order valence-corrected chi connectivity index (χ3v) is 6.83. The van der Waals surface area contributed by atoms with Gasteiger partial charge >= 0.3 is 0 Å². The van der Waals surface area contributed by atoms with Crippen molar-refractivity contribution in [2.45, 2.75) is 30.1 Å². The fraction of sp³-hybridized carbons (Fsp3) is 0.400. The number of benzene rings is 2. The quantitative estimate of drug-likeness (QED) is 0.101. The lowest BCUT2D eigenvalue weighted by atomic mass is 10.0. The average molecular weight is 613 g/mol. The van der Waals surface area contributed by atoms with Crippen molar-refractivity contribution in [3.63, 3.8) is 0 Å². The lowest BCUT2D eigenvalue weighted by Crippen LogP contribution is -2.50. The fourth-order valence-corrected chi connectivity index (χ4v) is 5.11. The van der Waals surface area contributed by atoms with Crippen LogP contribution in [-0.2, 0) is 41.7 Å². The first-order valence-electron chi connectivity index (χ1n) is 13.8. The Kier molecular flexibility index (Phi) is 9.72. The van der Waals surface area contributed by atoms with Crippen LogP contribution in [0.15, 0.2) is 79.0 Å². The number of nitrogens with zero attached hydrogens (tertiary/aromatic N) is 6. The number of hydrogen-bond acceptors (Lipinski definition) is 12. The van der Waals surface area contributed by atoms with Crippen LogP contribution in [0.3, 0.4) is 0 Å². The second-order valence-corrected chi connectivity index (χ2v) is 11.1. The molecule has 44 heavy (non-hydrogen) atoms. The van der Waals surface area contributed by atoms with E-state index in [2.05, 4.69) is 10.2 Å². The van der Waals surface area contributed by atoms with E-state index in [-0.39, 0.29) is 35.6 Å². The van der Waals surface area contributed by atoms with E-state index >= 15 is 0 Å². The summed E-state index contributed by atoms with van der Waals surface area (Å²) < 4.78 is 13.8. The van der Waals surface area contributed by atoms with Crippen LogP contribution >= 0.6 is 0 Å². The summed E-state index contributed by atoms with van der Waals surface area (Å²) in [5.41, 5.74) is 1.11. The predicted molar refractivity (Wildman–Crippen MR) is 157 cm³/mol. The van der Waals surface area contributed by atoms with Crippen LogP contribution in [0.1, 0.15) is 28.2 Å². The summed E-state index contributed by atoms with van der Waals surface area (Å²) in [6.45, 7) is -0.801. The molecule has 0 bridgehead atoms. The first kappa shape index (κ1) is 33.4. The highest BCUT2D eigenvalue weighted by atomic mass is 16.8. The van der Waals surface area contributed by atoms with Crippen LogP contribution < -0.4 is 0 Å². The Morgan fingerprint density at radius 3 is 1.66 bits per heavy atom. The standard InChI is InChI=1S/C30H40N6O8/c1-33(2)20-27(37,38)43-30(42,23-14-10-7-11-15-23)26-18-24(32-36(26)5)19-34(3)21-28(39,40)44-29(41,22-12-8-6-9-13-22)25-16-17-31-35(25)4/h6-18,37-42H,19-21H2,1-5H3. The van der Waals surface area contributed by atoms with E-state index in [1.165, 1.54) is 37.5 Å². The number of rotatable bonds is 14. The second-order valence-electron chi connectivity index (χ2n) is 11.1. The SMILES string of the molecule is CN(C)CC(O)(O)OC(O)(c1ccccc1)c1cc(CN(C)CC(O)(O)OC(O)(c2ccccc2)c2ccnn2C)nn1C. The van der Waals surface area contributed by atoms with Crippen molar-refractivity contribution in [3.05, 3.63) is 107 Å². The molecule has 4 rings (SSSR count). The fourth-order valence-electron chi connectivity index (χ4n) is 5.11. The highest BCUT2D eigenvalue weighted by Crippen LogP contribution is 2.36. The van der Waals surface area contributed by atoms with Gasteiger partial charge in [-0.3, -0.25) is 23.7 Å². The Labute approximate surface area is 255 Å². The van der Waals surface area contributed by atoms with Gasteiger partial charge in [-0.25, -0.2) is 0 Å².